The Bertz CT molecular complexity index is 505. The van der Waals surface area contributed by atoms with Gasteiger partial charge in [0.05, 0.1) is 19.0 Å². The molecule has 0 fully saturated rings. The third kappa shape index (κ3) is 3.41. The van der Waals surface area contributed by atoms with Crippen molar-refractivity contribution in [2.75, 3.05) is 7.11 Å². The maximum absolute atomic E-state index is 5.72. The summed E-state index contributed by atoms with van der Waals surface area (Å²) in [5.41, 5.74) is 1.03. The second-order valence-corrected chi connectivity index (χ2v) is 3.75. The molecule has 2 aromatic rings. The van der Waals surface area contributed by atoms with Crippen LogP contribution in [0.1, 0.15) is 5.56 Å². The highest BCUT2D eigenvalue weighted by Crippen LogP contribution is 2.21. The van der Waals surface area contributed by atoms with E-state index < -0.39 is 0 Å². The molecule has 0 N–H and O–H groups in total. The molecule has 1 aromatic carbocycles. The molecule has 0 amide bonds. The van der Waals surface area contributed by atoms with Crippen LogP contribution in [-0.4, -0.2) is 17.1 Å². The largest absolute Gasteiger partial charge is 0.437 e. The van der Waals surface area contributed by atoms with Gasteiger partial charge in [-0.1, -0.05) is 23.7 Å². The van der Waals surface area contributed by atoms with Crippen molar-refractivity contribution in [3.8, 4) is 11.6 Å². The molecule has 5 heteroatoms. The van der Waals surface area contributed by atoms with Crippen LogP contribution in [0.5, 0.6) is 11.6 Å². The average Bonchev–Trinajstić information content (AvgIpc) is 2.30. The third-order valence-electron chi connectivity index (χ3n) is 2.01. The average molecular weight is 251 g/mol. The van der Waals surface area contributed by atoms with Crippen molar-refractivity contribution in [3.05, 3.63) is 47.4 Å². The van der Waals surface area contributed by atoms with E-state index >= 15 is 0 Å². The van der Waals surface area contributed by atoms with Crippen LogP contribution in [-0.2, 0) is 11.3 Å². The lowest BCUT2D eigenvalue weighted by atomic mass is 10.2. The number of halogens is 1. The van der Waals surface area contributed by atoms with E-state index in [2.05, 4.69) is 9.97 Å². The molecule has 0 spiro atoms. The van der Waals surface area contributed by atoms with Crippen LogP contribution < -0.4 is 4.74 Å². The first kappa shape index (κ1) is 11.8. The van der Waals surface area contributed by atoms with Crippen molar-refractivity contribution in [1.29, 1.82) is 0 Å². The van der Waals surface area contributed by atoms with Gasteiger partial charge in [-0.25, -0.2) is 0 Å². The molecule has 1 aromatic heterocycles. The molecule has 88 valence electrons. The van der Waals surface area contributed by atoms with E-state index in [0.717, 1.165) is 5.56 Å². The highest BCUT2D eigenvalue weighted by atomic mass is 35.5. The number of aromatic nitrogens is 2. The normalized spacial score (nSPS) is 10.2. The first-order valence-electron chi connectivity index (χ1n) is 5.01. The number of hydrogen-bond donors (Lipinski definition) is 0. The van der Waals surface area contributed by atoms with E-state index in [-0.39, 0.29) is 0 Å². The molecule has 1 heterocycles. The molecule has 0 unspecified atom stereocenters. The van der Waals surface area contributed by atoms with Gasteiger partial charge in [-0.3, -0.25) is 4.98 Å². The summed E-state index contributed by atoms with van der Waals surface area (Å²) in [6.07, 6.45) is 2.96. The Morgan fingerprint density at radius 2 is 2.18 bits per heavy atom. The lowest BCUT2D eigenvalue weighted by Crippen LogP contribution is -1.91. The fourth-order valence-corrected chi connectivity index (χ4v) is 1.50. The Morgan fingerprint density at radius 1 is 1.29 bits per heavy atom. The van der Waals surface area contributed by atoms with Gasteiger partial charge in [0, 0.05) is 7.11 Å². The predicted molar refractivity (Wildman–Crippen MR) is 64.3 cm³/mol. The Morgan fingerprint density at radius 3 is 2.94 bits per heavy atom. The third-order valence-corrected chi connectivity index (χ3v) is 2.20. The summed E-state index contributed by atoms with van der Waals surface area (Å²) in [6, 6.07) is 7.56. The fraction of sp³-hybridized carbons (Fsp3) is 0.167. The molecule has 0 bridgehead atoms. The monoisotopic (exact) mass is 250 g/mol. The first-order valence-corrected chi connectivity index (χ1v) is 5.39. The summed E-state index contributed by atoms with van der Waals surface area (Å²) < 4.78 is 10.6. The van der Waals surface area contributed by atoms with Crippen molar-refractivity contribution in [1.82, 2.24) is 9.97 Å². The number of ether oxygens (including phenoxy) is 2. The molecule has 0 saturated carbocycles. The van der Waals surface area contributed by atoms with Crippen molar-refractivity contribution >= 4 is 11.6 Å². The van der Waals surface area contributed by atoms with E-state index in [4.69, 9.17) is 21.1 Å². The predicted octanol–water partition coefficient (Wildman–Crippen LogP) is 3.07. The summed E-state index contributed by atoms with van der Waals surface area (Å²) in [5.74, 6) is 1.04. The molecular formula is C12H11ClN2O2. The zero-order valence-corrected chi connectivity index (χ0v) is 10.0. The SMILES string of the molecule is COCc1cccc(Oc2cncc(Cl)n2)c1. The summed E-state index contributed by atoms with van der Waals surface area (Å²) in [4.78, 5) is 7.89. The Labute approximate surface area is 104 Å². The minimum atomic E-state index is 0.301. The zero-order chi connectivity index (χ0) is 12.1. The van der Waals surface area contributed by atoms with Crippen molar-refractivity contribution in [2.24, 2.45) is 0 Å². The highest BCUT2D eigenvalue weighted by Gasteiger charge is 2.01. The van der Waals surface area contributed by atoms with Crippen molar-refractivity contribution in [2.45, 2.75) is 6.61 Å². The molecule has 0 saturated heterocycles. The van der Waals surface area contributed by atoms with Gasteiger partial charge in [0.2, 0.25) is 5.88 Å². The van der Waals surface area contributed by atoms with E-state index in [0.29, 0.717) is 23.4 Å². The number of hydrogen-bond acceptors (Lipinski definition) is 4. The van der Waals surface area contributed by atoms with Crippen molar-refractivity contribution in [3.63, 3.8) is 0 Å². The Hall–Kier alpha value is -1.65. The number of methoxy groups -OCH3 is 1. The van der Waals surface area contributed by atoms with Gasteiger partial charge < -0.3 is 9.47 Å². The topological polar surface area (TPSA) is 44.2 Å². The summed E-state index contributed by atoms with van der Waals surface area (Å²) in [6.45, 7) is 0.540. The van der Waals surface area contributed by atoms with Gasteiger partial charge in [0.1, 0.15) is 5.75 Å². The summed E-state index contributed by atoms with van der Waals surface area (Å²) in [7, 11) is 1.65. The van der Waals surface area contributed by atoms with E-state index in [1.165, 1.54) is 12.4 Å². The van der Waals surface area contributed by atoms with Gasteiger partial charge in [-0.2, -0.15) is 4.98 Å². The summed E-state index contributed by atoms with van der Waals surface area (Å²) in [5, 5.41) is 0.301. The Kier molecular flexibility index (Phi) is 3.90. The van der Waals surface area contributed by atoms with Gasteiger partial charge in [-0.05, 0) is 17.7 Å². The van der Waals surface area contributed by atoms with Gasteiger partial charge >= 0.3 is 0 Å². The quantitative estimate of drug-likeness (QED) is 0.837. The molecule has 0 atom stereocenters. The molecule has 4 nitrogen and oxygen atoms in total. The second kappa shape index (κ2) is 5.61. The van der Waals surface area contributed by atoms with Crippen LogP contribution >= 0.6 is 11.6 Å². The maximum atomic E-state index is 5.72. The Balaban J connectivity index is 2.15. The zero-order valence-electron chi connectivity index (χ0n) is 9.26. The highest BCUT2D eigenvalue weighted by molar-refractivity contribution is 6.29. The van der Waals surface area contributed by atoms with Crippen LogP contribution in [0.2, 0.25) is 5.15 Å². The molecule has 0 aliphatic heterocycles. The smallest absolute Gasteiger partial charge is 0.239 e. The maximum Gasteiger partial charge on any atom is 0.239 e. The lowest BCUT2D eigenvalue weighted by molar-refractivity contribution is 0.184. The number of rotatable bonds is 4. The van der Waals surface area contributed by atoms with Gasteiger partial charge in [0.15, 0.2) is 5.15 Å². The van der Waals surface area contributed by atoms with Crippen molar-refractivity contribution < 1.29 is 9.47 Å². The minimum absolute atomic E-state index is 0.301. The molecule has 17 heavy (non-hydrogen) atoms. The molecule has 0 aliphatic rings. The second-order valence-electron chi connectivity index (χ2n) is 3.36. The van der Waals surface area contributed by atoms with Crippen LogP contribution in [0.3, 0.4) is 0 Å². The summed E-state index contributed by atoms with van der Waals surface area (Å²) >= 11 is 5.72. The lowest BCUT2D eigenvalue weighted by Gasteiger charge is -2.06. The standard InChI is InChI=1S/C12H11ClN2O2/c1-16-8-9-3-2-4-10(5-9)17-12-7-14-6-11(13)15-12/h2-7H,8H2,1H3. The van der Waals surface area contributed by atoms with E-state index in [1.807, 2.05) is 24.3 Å². The molecular weight excluding hydrogens is 240 g/mol. The van der Waals surface area contributed by atoms with Crippen LogP contribution in [0, 0.1) is 0 Å². The molecule has 0 radical (unpaired) electrons. The van der Waals surface area contributed by atoms with E-state index in [1.54, 1.807) is 7.11 Å². The minimum Gasteiger partial charge on any atom is -0.437 e. The molecule has 0 aliphatic carbocycles. The van der Waals surface area contributed by atoms with Gasteiger partial charge in [-0.15, -0.1) is 0 Å². The van der Waals surface area contributed by atoms with Crippen LogP contribution in [0.4, 0.5) is 0 Å². The van der Waals surface area contributed by atoms with Gasteiger partial charge in [0.25, 0.3) is 0 Å². The van der Waals surface area contributed by atoms with Crippen LogP contribution in [0.25, 0.3) is 0 Å². The fourth-order valence-electron chi connectivity index (χ4n) is 1.36. The number of benzene rings is 1. The van der Waals surface area contributed by atoms with Crippen LogP contribution in [0.15, 0.2) is 36.7 Å². The van der Waals surface area contributed by atoms with E-state index in [9.17, 15) is 0 Å². The molecule has 2 rings (SSSR count). The first-order chi connectivity index (χ1) is 8.28. The number of nitrogens with zero attached hydrogens (tertiary/aromatic N) is 2.